The molecule has 0 radical (unpaired) electrons. The van der Waals surface area contributed by atoms with Crippen molar-refractivity contribution in [1.29, 1.82) is 0 Å². The second-order valence-electron chi connectivity index (χ2n) is 6.98. The van der Waals surface area contributed by atoms with E-state index in [-0.39, 0.29) is 18.1 Å². The predicted molar refractivity (Wildman–Crippen MR) is 103 cm³/mol. The third kappa shape index (κ3) is 3.87. The van der Waals surface area contributed by atoms with Crippen LogP contribution in [-0.4, -0.2) is 52.6 Å². The fourth-order valence-electron chi connectivity index (χ4n) is 3.66. The highest BCUT2D eigenvalue weighted by atomic mass is 19.1. The minimum atomic E-state index is -0.495. The number of fused-ring (bicyclic) bond motifs is 3. The van der Waals surface area contributed by atoms with Gasteiger partial charge in [0.2, 0.25) is 0 Å². The summed E-state index contributed by atoms with van der Waals surface area (Å²) < 4.78 is 26.0. The first-order valence-electron chi connectivity index (χ1n) is 9.40. The number of amides is 1. The summed E-state index contributed by atoms with van der Waals surface area (Å²) in [7, 11) is 1.62. The number of rotatable bonds is 7. The van der Waals surface area contributed by atoms with E-state index in [1.165, 1.54) is 12.1 Å². The summed E-state index contributed by atoms with van der Waals surface area (Å²) in [6.45, 7) is 2.07. The Morgan fingerprint density at radius 2 is 2.03 bits per heavy atom. The molecule has 3 aromatic rings. The predicted octanol–water partition coefficient (Wildman–Crippen LogP) is 2.77. The number of hydrogen-bond acceptors (Lipinski definition) is 5. The second kappa shape index (κ2) is 8.28. The molecule has 0 saturated heterocycles. The van der Waals surface area contributed by atoms with Crippen LogP contribution in [-0.2, 0) is 29.0 Å². The summed E-state index contributed by atoms with van der Waals surface area (Å²) >= 11 is 0. The van der Waals surface area contributed by atoms with E-state index in [0.29, 0.717) is 37.8 Å². The highest BCUT2D eigenvalue weighted by Crippen LogP contribution is 2.31. The van der Waals surface area contributed by atoms with Crippen LogP contribution in [0.3, 0.4) is 0 Å². The Labute approximate surface area is 167 Å². The molecule has 0 fully saturated rings. The summed E-state index contributed by atoms with van der Waals surface area (Å²) in [4.78, 5) is 16.6. The minimum Gasteiger partial charge on any atom is -0.382 e. The molecule has 0 bridgehead atoms. The van der Waals surface area contributed by atoms with Gasteiger partial charge in [-0.15, -0.1) is 0 Å². The summed E-state index contributed by atoms with van der Waals surface area (Å²) in [6, 6.07) is 6.36. The van der Waals surface area contributed by atoms with Crippen LogP contribution in [0.5, 0.6) is 0 Å². The number of benzene rings is 1. The highest BCUT2D eigenvalue weighted by Gasteiger charge is 2.28. The van der Waals surface area contributed by atoms with Crippen LogP contribution in [0.25, 0.3) is 10.9 Å². The number of methoxy groups -OCH3 is 1. The molecule has 1 aliphatic rings. The molecular weight excluding hydrogens is 377 g/mol. The zero-order valence-corrected chi connectivity index (χ0v) is 16.1. The van der Waals surface area contributed by atoms with Gasteiger partial charge in [0.05, 0.1) is 38.1 Å². The smallest absolute Gasteiger partial charge is 0.296 e. The van der Waals surface area contributed by atoms with Crippen molar-refractivity contribution < 1.29 is 23.9 Å². The lowest BCUT2D eigenvalue weighted by atomic mass is 9.99. The van der Waals surface area contributed by atoms with Crippen molar-refractivity contribution in [2.24, 2.45) is 0 Å². The number of carbonyl (C=O) groups is 1. The van der Waals surface area contributed by atoms with Crippen molar-refractivity contribution in [3.05, 3.63) is 64.9 Å². The van der Waals surface area contributed by atoms with Crippen LogP contribution in [0.4, 0.5) is 4.39 Å². The minimum absolute atomic E-state index is 0.222. The molecule has 8 heteroatoms. The summed E-state index contributed by atoms with van der Waals surface area (Å²) in [5.74, 6) is -0.771. The molecule has 1 amide bonds. The third-order valence-electron chi connectivity index (χ3n) is 5.07. The van der Waals surface area contributed by atoms with Crippen molar-refractivity contribution in [3.8, 4) is 0 Å². The monoisotopic (exact) mass is 399 g/mol. The number of ether oxygens (including phenoxy) is 2. The topological polar surface area (TPSA) is 76.8 Å². The molecule has 0 unspecified atom stereocenters. The van der Waals surface area contributed by atoms with E-state index in [0.717, 1.165) is 27.6 Å². The summed E-state index contributed by atoms with van der Waals surface area (Å²) in [5.41, 5.74) is 3.85. The van der Waals surface area contributed by atoms with Crippen LogP contribution in [0, 0.1) is 5.82 Å². The van der Waals surface area contributed by atoms with Gasteiger partial charge in [0.25, 0.3) is 5.91 Å². The van der Waals surface area contributed by atoms with E-state index in [1.54, 1.807) is 25.4 Å². The second-order valence-corrected chi connectivity index (χ2v) is 6.98. The highest BCUT2D eigenvalue weighted by molar-refractivity contribution is 6.00. The fraction of sp³-hybridized carbons (Fsp3) is 0.333. The molecular formula is C21H22FN3O4. The molecule has 7 nitrogen and oxygen atoms in total. The Morgan fingerprint density at radius 3 is 2.79 bits per heavy atom. The lowest BCUT2D eigenvalue weighted by Crippen LogP contribution is -2.35. The van der Waals surface area contributed by atoms with Crippen LogP contribution in [0.15, 0.2) is 36.7 Å². The molecule has 4 rings (SSSR count). The van der Waals surface area contributed by atoms with E-state index in [1.807, 2.05) is 10.8 Å². The van der Waals surface area contributed by atoms with Gasteiger partial charge in [0.15, 0.2) is 0 Å². The average molecular weight is 399 g/mol. The van der Waals surface area contributed by atoms with E-state index >= 15 is 0 Å². The molecule has 1 aromatic carbocycles. The molecule has 3 heterocycles. The van der Waals surface area contributed by atoms with E-state index in [4.69, 9.17) is 9.47 Å². The Bertz CT molecular complexity index is 1030. The van der Waals surface area contributed by atoms with Gasteiger partial charge in [-0.25, -0.2) is 14.4 Å². The zero-order chi connectivity index (χ0) is 20.4. The van der Waals surface area contributed by atoms with Gasteiger partial charge in [-0.2, -0.15) is 0 Å². The van der Waals surface area contributed by atoms with Crippen molar-refractivity contribution >= 4 is 16.8 Å². The van der Waals surface area contributed by atoms with Crippen LogP contribution >= 0.6 is 0 Å². The Hall–Kier alpha value is -2.81. The molecule has 2 aromatic heterocycles. The largest absolute Gasteiger partial charge is 0.382 e. The van der Waals surface area contributed by atoms with Crippen LogP contribution in [0.2, 0.25) is 0 Å². The summed E-state index contributed by atoms with van der Waals surface area (Å²) in [6.07, 6.45) is 4.14. The normalized spacial score (nSPS) is 13.9. The fourth-order valence-corrected chi connectivity index (χ4v) is 3.66. The number of hydroxylamine groups is 2. The molecule has 0 atom stereocenters. The Morgan fingerprint density at radius 1 is 1.24 bits per heavy atom. The lowest BCUT2D eigenvalue weighted by molar-refractivity contribution is -0.0606. The SMILES string of the molecule is COCCOCc1cn(Cc2ccc(F)cc2)c2cnc3c(c12)CCN(O)C3=O. The van der Waals surface area contributed by atoms with E-state index in [2.05, 4.69) is 4.98 Å². The number of halogens is 1. The van der Waals surface area contributed by atoms with Gasteiger partial charge in [0, 0.05) is 30.8 Å². The van der Waals surface area contributed by atoms with E-state index in [9.17, 15) is 14.4 Å². The molecule has 152 valence electrons. The first kappa shape index (κ1) is 19.5. The van der Waals surface area contributed by atoms with Crippen molar-refractivity contribution in [2.45, 2.75) is 19.6 Å². The number of carbonyl (C=O) groups excluding carboxylic acids is 1. The molecule has 0 saturated carbocycles. The molecule has 0 spiro atoms. The van der Waals surface area contributed by atoms with E-state index < -0.39 is 5.91 Å². The van der Waals surface area contributed by atoms with Crippen LogP contribution in [0.1, 0.15) is 27.2 Å². The first-order valence-corrected chi connectivity index (χ1v) is 9.40. The maximum absolute atomic E-state index is 13.2. The van der Waals surface area contributed by atoms with Gasteiger partial charge in [-0.05, 0) is 29.7 Å². The maximum Gasteiger partial charge on any atom is 0.296 e. The third-order valence-corrected chi connectivity index (χ3v) is 5.07. The van der Waals surface area contributed by atoms with Gasteiger partial charge in [-0.3, -0.25) is 10.0 Å². The number of aromatic nitrogens is 2. The zero-order valence-electron chi connectivity index (χ0n) is 16.1. The van der Waals surface area contributed by atoms with Gasteiger partial charge in [-0.1, -0.05) is 12.1 Å². The van der Waals surface area contributed by atoms with Crippen molar-refractivity contribution in [1.82, 2.24) is 14.6 Å². The maximum atomic E-state index is 13.2. The Balaban J connectivity index is 1.76. The Kier molecular flexibility index (Phi) is 5.57. The summed E-state index contributed by atoms with van der Waals surface area (Å²) in [5, 5.41) is 11.4. The molecule has 29 heavy (non-hydrogen) atoms. The average Bonchev–Trinajstić information content (AvgIpc) is 3.07. The van der Waals surface area contributed by atoms with Gasteiger partial charge in [0.1, 0.15) is 11.5 Å². The number of pyridine rings is 1. The van der Waals surface area contributed by atoms with Crippen LogP contribution < -0.4 is 0 Å². The molecule has 1 N–H and O–H groups in total. The number of nitrogens with zero attached hydrogens (tertiary/aromatic N) is 3. The molecule has 1 aliphatic heterocycles. The van der Waals surface area contributed by atoms with Gasteiger partial charge >= 0.3 is 0 Å². The standard InChI is InChI=1S/C21H22FN3O4/c1-28-8-9-29-13-15-12-24(11-14-2-4-16(22)5-3-14)18-10-23-20-17(19(15)18)6-7-25(27)21(20)26/h2-5,10,12,27H,6-9,11,13H2,1H3. The van der Waals surface area contributed by atoms with Crippen molar-refractivity contribution in [2.75, 3.05) is 26.9 Å². The molecule has 0 aliphatic carbocycles. The number of hydrogen-bond donors (Lipinski definition) is 1. The quantitative estimate of drug-likeness (QED) is 0.488. The van der Waals surface area contributed by atoms with Crippen molar-refractivity contribution in [3.63, 3.8) is 0 Å². The first-order chi connectivity index (χ1) is 14.1. The van der Waals surface area contributed by atoms with Gasteiger partial charge < -0.3 is 14.0 Å². The lowest BCUT2D eigenvalue weighted by Gasteiger charge is -2.23.